The molecule has 7 nitrogen and oxygen atoms in total. The monoisotopic (exact) mass is 402 g/mol. The third kappa shape index (κ3) is 3.74. The minimum absolute atomic E-state index is 0.109. The number of halogens is 2. The van der Waals surface area contributed by atoms with E-state index < -0.39 is 0 Å². The Kier molecular flexibility index (Phi) is 4.96. The SMILES string of the molecule is O=C(c1cc(Cl)ccc1Cl)N1CCN(c2ccc(-n3cccn3)nn2)CC1. The summed E-state index contributed by atoms with van der Waals surface area (Å²) in [5.74, 6) is 1.33. The standard InChI is InChI=1S/C18H16Cl2N6O/c19-13-2-3-15(20)14(12-13)18(27)25-10-8-24(9-11-25)16-4-5-17(23-22-16)26-7-1-6-21-26/h1-7,12H,8-11H2. The van der Waals surface area contributed by atoms with Crippen LogP contribution in [0.1, 0.15) is 10.4 Å². The molecule has 4 rings (SSSR count). The van der Waals surface area contributed by atoms with Crippen LogP contribution in [-0.4, -0.2) is 57.0 Å². The van der Waals surface area contributed by atoms with Crippen LogP contribution in [0.2, 0.25) is 10.0 Å². The number of rotatable bonds is 3. The Bertz CT molecular complexity index is 937. The van der Waals surface area contributed by atoms with Gasteiger partial charge in [-0.25, -0.2) is 4.68 Å². The minimum Gasteiger partial charge on any atom is -0.352 e. The van der Waals surface area contributed by atoms with E-state index in [4.69, 9.17) is 23.2 Å². The lowest BCUT2D eigenvalue weighted by Gasteiger charge is -2.35. The van der Waals surface area contributed by atoms with Gasteiger partial charge in [0.25, 0.3) is 5.91 Å². The zero-order valence-corrected chi connectivity index (χ0v) is 15.8. The van der Waals surface area contributed by atoms with Gasteiger partial charge in [0.1, 0.15) is 0 Å². The first-order chi connectivity index (χ1) is 13.1. The first kappa shape index (κ1) is 17.8. The van der Waals surface area contributed by atoms with Crippen LogP contribution in [0.25, 0.3) is 5.82 Å². The van der Waals surface area contributed by atoms with Gasteiger partial charge in [-0.3, -0.25) is 4.79 Å². The number of carbonyl (C=O) groups excluding carboxylic acids is 1. The summed E-state index contributed by atoms with van der Waals surface area (Å²) >= 11 is 12.1. The van der Waals surface area contributed by atoms with E-state index in [1.54, 1.807) is 34.0 Å². The number of hydrogen-bond acceptors (Lipinski definition) is 5. The number of benzene rings is 1. The number of amides is 1. The van der Waals surface area contributed by atoms with Crippen molar-refractivity contribution >= 4 is 34.9 Å². The molecule has 0 spiro atoms. The van der Waals surface area contributed by atoms with E-state index >= 15 is 0 Å². The van der Waals surface area contributed by atoms with E-state index in [9.17, 15) is 4.79 Å². The Morgan fingerprint density at radius 1 is 0.963 bits per heavy atom. The van der Waals surface area contributed by atoms with E-state index in [2.05, 4.69) is 20.2 Å². The number of anilines is 1. The maximum Gasteiger partial charge on any atom is 0.255 e. The molecule has 3 heterocycles. The summed E-state index contributed by atoms with van der Waals surface area (Å²) in [4.78, 5) is 16.6. The Hall–Kier alpha value is -2.64. The molecule has 2 aromatic heterocycles. The highest BCUT2D eigenvalue weighted by molar-refractivity contribution is 6.35. The molecule has 1 aromatic carbocycles. The van der Waals surface area contributed by atoms with Gasteiger partial charge < -0.3 is 9.80 Å². The van der Waals surface area contributed by atoms with E-state index in [-0.39, 0.29) is 5.91 Å². The average molecular weight is 403 g/mol. The lowest BCUT2D eigenvalue weighted by molar-refractivity contribution is 0.0746. The van der Waals surface area contributed by atoms with Crippen molar-refractivity contribution in [1.29, 1.82) is 0 Å². The molecular formula is C18H16Cl2N6O. The number of piperazine rings is 1. The fourth-order valence-corrected chi connectivity index (χ4v) is 3.35. The van der Waals surface area contributed by atoms with Crippen LogP contribution in [0.15, 0.2) is 48.8 Å². The van der Waals surface area contributed by atoms with E-state index in [1.807, 2.05) is 24.4 Å². The molecular weight excluding hydrogens is 387 g/mol. The van der Waals surface area contributed by atoms with Crippen molar-refractivity contribution in [3.05, 3.63) is 64.4 Å². The van der Waals surface area contributed by atoms with Gasteiger partial charge in [0.15, 0.2) is 11.6 Å². The number of hydrogen-bond donors (Lipinski definition) is 0. The van der Waals surface area contributed by atoms with Crippen LogP contribution in [-0.2, 0) is 0 Å². The van der Waals surface area contributed by atoms with Crippen LogP contribution in [0.4, 0.5) is 5.82 Å². The van der Waals surface area contributed by atoms with Gasteiger partial charge in [0, 0.05) is 43.6 Å². The predicted molar refractivity (Wildman–Crippen MR) is 104 cm³/mol. The molecule has 0 N–H and O–H groups in total. The Balaban J connectivity index is 1.41. The lowest BCUT2D eigenvalue weighted by atomic mass is 10.1. The molecule has 0 aliphatic carbocycles. The van der Waals surface area contributed by atoms with Crippen molar-refractivity contribution in [2.75, 3.05) is 31.1 Å². The maximum absolute atomic E-state index is 12.7. The van der Waals surface area contributed by atoms with Gasteiger partial charge in [-0.15, -0.1) is 10.2 Å². The molecule has 138 valence electrons. The molecule has 1 amide bonds. The normalized spacial score (nSPS) is 14.4. The van der Waals surface area contributed by atoms with Crippen LogP contribution in [0, 0.1) is 0 Å². The van der Waals surface area contributed by atoms with E-state index in [1.165, 1.54) is 0 Å². The molecule has 3 aromatic rings. The van der Waals surface area contributed by atoms with Crippen molar-refractivity contribution in [2.45, 2.75) is 0 Å². The largest absolute Gasteiger partial charge is 0.352 e. The number of carbonyl (C=O) groups is 1. The summed E-state index contributed by atoms with van der Waals surface area (Å²) in [5, 5.41) is 13.5. The smallest absolute Gasteiger partial charge is 0.255 e. The van der Waals surface area contributed by atoms with E-state index in [0.717, 1.165) is 5.82 Å². The third-order valence-electron chi connectivity index (χ3n) is 4.43. The average Bonchev–Trinajstić information content (AvgIpc) is 3.24. The predicted octanol–water partition coefficient (Wildman–Crippen LogP) is 2.93. The zero-order chi connectivity index (χ0) is 18.8. The molecule has 27 heavy (non-hydrogen) atoms. The molecule has 0 atom stereocenters. The molecule has 9 heteroatoms. The van der Waals surface area contributed by atoms with Gasteiger partial charge >= 0.3 is 0 Å². The zero-order valence-electron chi connectivity index (χ0n) is 14.3. The highest BCUT2D eigenvalue weighted by Gasteiger charge is 2.24. The number of nitrogens with zero attached hydrogens (tertiary/aromatic N) is 6. The van der Waals surface area contributed by atoms with Crippen LogP contribution in [0.3, 0.4) is 0 Å². The Morgan fingerprint density at radius 3 is 2.37 bits per heavy atom. The molecule has 1 aliphatic heterocycles. The first-order valence-electron chi connectivity index (χ1n) is 8.45. The molecule has 1 aliphatic rings. The molecule has 0 radical (unpaired) electrons. The van der Waals surface area contributed by atoms with Crippen molar-refractivity contribution in [3.8, 4) is 5.82 Å². The highest BCUT2D eigenvalue weighted by Crippen LogP contribution is 2.23. The van der Waals surface area contributed by atoms with Crippen molar-refractivity contribution in [3.63, 3.8) is 0 Å². The summed E-state index contributed by atoms with van der Waals surface area (Å²) in [7, 11) is 0. The molecule has 1 fully saturated rings. The molecule has 0 unspecified atom stereocenters. The topological polar surface area (TPSA) is 67.2 Å². The van der Waals surface area contributed by atoms with Gasteiger partial charge in [0.2, 0.25) is 0 Å². The maximum atomic E-state index is 12.7. The fraction of sp³-hybridized carbons (Fsp3) is 0.222. The number of aromatic nitrogens is 4. The molecule has 0 bridgehead atoms. The summed E-state index contributed by atoms with van der Waals surface area (Å²) < 4.78 is 1.65. The van der Waals surface area contributed by atoms with Crippen LogP contribution < -0.4 is 4.90 Å². The minimum atomic E-state index is -0.109. The third-order valence-corrected chi connectivity index (χ3v) is 4.99. The van der Waals surface area contributed by atoms with Crippen LogP contribution in [0.5, 0.6) is 0 Å². The Morgan fingerprint density at radius 2 is 1.70 bits per heavy atom. The Labute approximate surface area is 166 Å². The molecule has 1 saturated heterocycles. The van der Waals surface area contributed by atoms with Gasteiger partial charge in [-0.1, -0.05) is 23.2 Å². The summed E-state index contributed by atoms with van der Waals surface area (Å²) in [6.45, 7) is 2.48. The second-order valence-electron chi connectivity index (χ2n) is 6.10. The first-order valence-corrected chi connectivity index (χ1v) is 9.20. The summed E-state index contributed by atoms with van der Waals surface area (Å²) in [6.07, 6.45) is 3.51. The highest BCUT2D eigenvalue weighted by atomic mass is 35.5. The second kappa shape index (κ2) is 7.54. The van der Waals surface area contributed by atoms with Crippen molar-refractivity contribution < 1.29 is 4.79 Å². The van der Waals surface area contributed by atoms with Gasteiger partial charge in [-0.05, 0) is 36.4 Å². The van der Waals surface area contributed by atoms with E-state index in [0.29, 0.717) is 47.6 Å². The van der Waals surface area contributed by atoms with Crippen molar-refractivity contribution in [1.82, 2.24) is 24.9 Å². The lowest BCUT2D eigenvalue weighted by Crippen LogP contribution is -2.49. The molecule has 0 saturated carbocycles. The summed E-state index contributed by atoms with van der Waals surface area (Å²) in [6, 6.07) is 10.5. The summed E-state index contributed by atoms with van der Waals surface area (Å²) in [5.41, 5.74) is 0.431. The van der Waals surface area contributed by atoms with Crippen molar-refractivity contribution in [2.24, 2.45) is 0 Å². The van der Waals surface area contributed by atoms with Gasteiger partial charge in [-0.2, -0.15) is 5.10 Å². The second-order valence-corrected chi connectivity index (χ2v) is 6.95. The van der Waals surface area contributed by atoms with Gasteiger partial charge in [0.05, 0.1) is 10.6 Å². The fourth-order valence-electron chi connectivity index (χ4n) is 2.98. The quantitative estimate of drug-likeness (QED) is 0.673. The van der Waals surface area contributed by atoms with Crippen LogP contribution >= 0.6 is 23.2 Å².